The summed E-state index contributed by atoms with van der Waals surface area (Å²) in [5.74, 6) is -5.77. The summed E-state index contributed by atoms with van der Waals surface area (Å²) >= 11 is 0. The number of amides is 3. The van der Waals surface area contributed by atoms with E-state index in [0.717, 1.165) is 5.56 Å². The fourth-order valence-electron chi connectivity index (χ4n) is 6.17. The second kappa shape index (κ2) is 23.4. The van der Waals surface area contributed by atoms with Gasteiger partial charge in [0.05, 0.1) is 32.2 Å². The molecule has 56 heavy (non-hydrogen) atoms. The van der Waals surface area contributed by atoms with Gasteiger partial charge in [-0.1, -0.05) is 42.5 Å². The molecule has 2 unspecified atom stereocenters. The van der Waals surface area contributed by atoms with Crippen LogP contribution >= 0.6 is 0 Å². The van der Waals surface area contributed by atoms with Gasteiger partial charge >= 0.3 is 23.9 Å². The number of nitrogens with zero attached hydrogens (tertiary/aromatic N) is 4. The standard InChI is InChI=1S/C37H52N8O11/c38-29(20-26-4-2-1-3-5-26)37(56)40-13-12-39-31(46)10-11-32(47)41-28-8-6-27(7-9-28)30(45(24-35(52)53)25-36(54)55)21-42-14-16-43(22-33(48)49)18-19-44(17-15-42)23-34(50)51/h1-9,29-30H,10-25,38H2,(H,39,46)(H,40,56)(H,41,47)(H,48,49)(H,50,51)(H,52,53)(H,54,55). The molecule has 306 valence electrons. The number of carbonyl (C=O) groups excluding carboxylic acids is 3. The third-order valence-corrected chi connectivity index (χ3v) is 9.00. The number of nitrogens with two attached hydrogens (primary N) is 1. The first kappa shape index (κ1) is 44.9. The zero-order valence-corrected chi connectivity index (χ0v) is 31.2. The molecule has 19 nitrogen and oxygen atoms in total. The van der Waals surface area contributed by atoms with E-state index in [4.69, 9.17) is 5.73 Å². The van der Waals surface area contributed by atoms with Crippen LogP contribution in [0.25, 0.3) is 0 Å². The van der Waals surface area contributed by atoms with Crippen molar-refractivity contribution in [3.8, 4) is 0 Å². The molecule has 3 rings (SSSR count). The average molecular weight is 785 g/mol. The number of rotatable bonds is 22. The lowest BCUT2D eigenvalue weighted by Crippen LogP contribution is -2.45. The van der Waals surface area contributed by atoms with Crippen LogP contribution in [0.1, 0.15) is 30.0 Å². The smallest absolute Gasteiger partial charge is 0.317 e. The normalized spacial score (nSPS) is 15.4. The molecule has 1 heterocycles. The largest absolute Gasteiger partial charge is 0.480 e. The third-order valence-electron chi connectivity index (χ3n) is 9.00. The molecule has 1 fully saturated rings. The maximum Gasteiger partial charge on any atom is 0.317 e. The van der Waals surface area contributed by atoms with Gasteiger partial charge in [-0.05, 0) is 29.7 Å². The number of hydrogen-bond acceptors (Lipinski definition) is 12. The Morgan fingerprint density at radius 1 is 0.643 bits per heavy atom. The van der Waals surface area contributed by atoms with Crippen molar-refractivity contribution < 1.29 is 54.0 Å². The summed E-state index contributed by atoms with van der Waals surface area (Å²) in [6, 6.07) is 14.2. The summed E-state index contributed by atoms with van der Waals surface area (Å²) in [7, 11) is 0. The van der Waals surface area contributed by atoms with Crippen LogP contribution in [0.15, 0.2) is 54.6 Å². The second-order valence-corrected chi connectivity index (χ2v) is 13.5. The summed E-state index contributed by atoms with van der Waals surface area (Å²) in [4.78, 5) is 90.6. The van der Waals surface area contributed by atoms with E-state index in [2.05, 4.69) is 16.0 Å². The van der Waals surface area contributed by atoms with E-state index in [0.29, 0.717) is 56.9 Å². The maximum absolute atomic E-state index is 12.7. The van der Waals surface area contributed by atoms with Gasteiger partial charge < -0.3 is 42.1 Å². The molecule has 2 atom stereocenters. The summed E-state index contributed by atoms with van der Waals surface area (Å²) in [6.45, 7) is 0.696. The van der Waals surface area contributed by atoms with Crippen molar-refractivity contribution in [3.63, 3.8) is 0 Å². The molecule has 0 saturated carbocycles. The van der Waals surface area contributed by atoms with Crippen molar-refractivity contribution in [1.82, 2.24) is 30.2 Å². The number of carbonyl (C=O) groups is 7. The minimum absolute atomic E-state index is 0.115. The number of carboxylic acid groups (broad SMARTS) is 4. The Labute approximate surface area is 324 Å². The Hall–Kier alpha value is -5.47. The Morgan fingerprint density at radius 3 is 1.66 bits per heavy atom. The highest BCUT2D eigenvalue weighted by Gasteiger charge is 2.28. The Morgan fingerprint density at radius 2 is 1.14 bits per heavy atom. The van der Waals surface area contributed by atoms with E-state index in [1.54, 1.807) is 34.1 Å². The van der Waals surface area contributed by atoms with Gasteiger partial charge in [-0.15, -0.1) is 0 Å². The average Bonchev–Trinajstić information content (AvgIpc) is 3.22. The molecule has 2 aromatic rings. The number of benzene rings is 2. The fourth-order valence-corrected chi connectivity index (χ4v) is 6.17. The number of hydrogen-bond donors (Lipinski definition) is 8. The topological polar surface area (TPSA) is 275 Å². The van der Waals surface area contributed by atoms with Crippen molar-refractivity contribution >= 4 is 47.3 Å². The van der Waals surface area contributed by atoms with Crippen molar-refractivity contribution in [2.45, 2.75) is 31.3 Å². The van der Waals surface area contributed by atoms with E-state index in [1.165, 1.54) is 4.90 Å². The van der Waals surface area contributed by atoms with Gasteiger partial charge in [0.2, 0.25) is 17.7 Å². The number of anilines is 1. The first-order valence-electron chi connectivity index (χ1n) is 18.2. The molecule has 3 amide bonds. The first-order valence-corrected chi connectivity index (χ1v) is 18.2. The van der Waals surface area contributed by atoms with Gasteiger partial charge in [0.25, 0.3) is 0 Å². The van der Waals surface area contributed by atoms with Gasteiger partial charge in [-0.25, -0.2) is 0 Å². The molecule has 0 radical (unpaired) electrons. The predicted molar refractivity (Wildman–Crippen MR) is 203 cm³/mol. The Bertz CT molecular complexity index is 1590. The van der Waals surface area contributed by atoms with Crippen LogP contribution in [0, 0.1) is 0 Å². The first-order chi connectivity index (χ1) is 26.7. The molecule has 19 heteroatoms. The predicted octanol–water partition coefficient (Wildman–Crippen LogP) is -1.19. The van der Waals surface area contributed by atoms with Crippen LogP contribution in [-0.4, -0.2) is 173 Å². The molecule has 1 saturated heterocycles. The van der Waals surface area contributed by atoms with E-state index >= 15 is 0 Å². The highest BCUT2D eigenvalue weighted by atomic mass is 16.4. The van der Waals surface area contributed by atoms with E-state index in [-0.39, 0.29) is 51.5 Å². The van der Waals surface area contributed by atoms with Gasteiger partial charge in [0.15, 0.2) is 0 Å². The van der Waals surface area contributed by atoms with Gasteiger partial charge in [-0.3, -0.25) is 53.2 Å². The quantitative estimate of drug-likeness (QED) is 0.0652. The van der Waals surface area contributed by atoms with Gasteiger partial charge in [0, 0.05) is 83.5 Å². The highest BCUT2D eigenvalue weighted by Crippen LogP contribution is 2.24. The highest BCUT2D eigenvalue weighted by molar-refractivity contribution is 5.93. The summed E-state index contributed by atoms with van der Waals surface area (Å²) in [5, 5.41) is 46.2. The Balaban J connectivity index is 1.60. The molecule has 0 aromatic heterocycles. The Kier molecular flexibility index (Phi) is 18.8. The van der Waals surface area contributed by atoms with Gasteiger partial charge in [-0.2, -0.15) is 0 Å². The zero-order valence-electron chi connectivity index (χ0n) is 31.2. The van der Waals surface area contributed by atoms with Crippen LogP contribution in [0.2, 0.25) is 0 Å². The van der Waals surface area contributed by atoms with Gasteiger partial charge in [0.1, 0.15) is 0 Å². The van der Waals surface area contributed by atoms with Crippen LogP contribution < -0.4 is 21.7 Å². The van der Waals surface area contributed by atoms with E-state index in [9.17, 15) is 54.0 Å². The van der Waals surface area contributed by atoms with E-state index in [1.807, 2.05) is 35.2 Å². The summed E-state index contributed by atoms with van der Waals surface area (Å²) < 4.78 is 0. The molecule has 2 aromatic carbocycles. The SMILES string of the molecule is NC(Cc1ccccc1)C(=O)NCCNC(=O)CCC(=O)Nc1ccc(C(CN2CCN(CC(=O)O)CCN(CC(=O)O)CC2)N(CC(=O)O)CC(=O)O)cc1. The fraction of sp³-hybridized carbons (Fsp3) is 0.486. The lowest BCUT2D eigenvalue weighted by molar-refractivity contribution is -0.143. The maximum atomic E-state index is 12.7. The molecule has 1 aliphatic rings. The summed E-state index contributed by atoms with van der Waals surface area (Å²) in [6.07, 6.45) is 0.121. The molecule has 1 aliphatic heterocycles. The second-order valence-electron chi connectivity index (χ2n) is 13.5. The molecule has 0 bridgehead atoms. The van der Waals surface area contributed by atoms with Crippen LogP contribution in [0.3, 0.4) is 0 Å². The summed E-state index contributed by atoms with van der Waals surface area (Å²) in [5.41, 5.74) is 7.82. The third kappa shape index (κ3) is 17.3. The number of carboxylic acids is 4. The lowest BCUT2D eigenvalue weighted by Gasteiger charge is -2.35. The minimum atomic E-state index is -1.25. The monoisotopic (exact) mass is 784 g/mol. The van der Waals surface area contributed by atoms with Crippen LogP contribution in [-0.2, 0) is 40.0 Å². The van der Waals surface area contributed by atoms with Crippen molar-refractivity contribution in [2.75, 3.05) is 90.4 Å². The lowest BCUT2D eigenvalue weighted by atomic mass is 10.0. The van der Waals surface area contributed by atoms with E-state index < -0.39 is 60.9 Å². The zero-order chi connectivity index (χ0) is 41.0. The molecular weight excluding hydrogens is 732 g/mol. The van der Waals surface area contributed by atoms with Crippen LogP contribution in [0.5, 0.6) is 0 Å². The molecule has 0 spiro atoms. The molecule has 0 aliphatic carbocycles. The van der Waals surface area contributed by atoms with Crippen molar-refractivity contribution in [1.29, 1.82) is 0 Å². The number of nitrogens with one attached hydrogen (secondary N) is 3. The van der Waals surface area contributed by atoms with Crippen LogP contribution in [0.4, 0.5) is 5.69 Å². The van der Waals surface area contributed by atoms with Crippen molar-refractivity contribution in [3.05, 3.63) is 65.7 Å². The minimum Gasteiger partial charge on any atom is -0.480 e. The molecule has 9 N–H and O–H groups in total. The van der Waals surface area contributed by atoms with Crippen molar-refractivity contribution in [2.24, 2.45) is 5.73 Å². The number of aliphatic carboxylic acids is 4. The molecular formula is C37H52N8O11.